The predicted octanol–water partition coefficient (Wildman–Crippen LogP) is 12.7. The SMILES string of the molecule is C.C.C.CN(C(=O)/C=C/c1ccoc1)[C@H]1CCC2C3Cc4ccc(O)c5c4[C@]2(CC[N@@+]3(C)CC2CC2)C1O5.C[N@@+]1(CC2CC2)CC[C@@]23CCCCC2(O)C1Cc1ccc(O)cc13.C[N@@+]1(CC2CCC2)CC[C@@]23CCCCC2(O)C1Cc1ccc(O)cc13. The number of furan rings is 1. The smallest absolute Gasteiger partial charge is 0.246 e. The van der Waals surface area contributed by atoms with Gasteiger partial charge in [-0.3, -0.25) is 4.79 Å². The van der Waals surface area contributed by atoms with Crippen molar-refractivity contribution in [3.8, 4) is 23.0 Å². The summed E-state index contributed by atoms with van der Waals surface area (Å²) in [6.45, 7) is 7.30. The number of aromatic hydroxyl groups is 3. The van der Waals surface area contributed by atoms with E-state index in [9.17, 15) is 30.3 Å². The number of ether oxygens (including phenoxy) is 1. The molecular formula is C75H109N4O8+3. The van der Waals surface area contributed by atoms with Crippen molar-refractivity contribution in [1.82, 2.24) is 4.90 Å². The summed E-state index contributed by atoms with van der Waals surface area (Å²) in [5, 5.41) is 55.3. The Morgan fingerprint density at radius 2 is 1.14 bits per heavy atom. The standard InChI is InChI=1S/C29H34N2O4.C22H31NO2.C21H29NO2.3CH4/c1-30(25(33)10-5-19-11-14-34-17-19)22-8-7-21-23-15-20-6-9-24(32)27-26(20)29(21,28(22)35-27)12-13-31(23,2)16-18-3-4-18;1-23(15-16-5-4-6-16)12-11-21-9-2-3-10-22(21,25)20(23)13-17-7-8-18(24)14-19(17)21;1-22(14-15-4-5-15)11-10-20-8-2-3-9-21(20,24)19(22)12-16-6-7-17(23)13-18(16)20;;;/h5-6,9-11,14,17-18,21-23,28H,3-4,7-8,12-13,15-16H2,1-2H3;7-8,14,16,20,25H,2-6,9-13,15H2,1H3;6-7,13,15,19,24H,2-5,8-12,14H2,1H3;3*1H4/p+3/b10-5+;;;;;/t21?,22-,23?,28?,29+,31-;20?,21-,22?,23+;19?,20-,21?,22+;;;/m011.../s1. The van der Waals surface area contributed by atoms with E-state index < -0.39 is 11.2 Å². The summed E-state index contributed by atoms with van der Waals surface area (Å²) in [5.41, 5.74) is 7.25. The van der Waals surface area contributed by atoms with Gasteiger partial charge in [0.2, 0.25) is 5.91 Å². The number of benzene rings is 3. The van der Waals surface area contributed by atoms with Gasteiger partial charge in [-0.1, -0.05) is 72.6 Å². The van der Waals surface area contributed by atoms with E-state index in [1.165, 1.54) is 128 Å². The first kappa shape index (κ1) is 62.3. The maximum Gasteiger partial charge on any atom is 0.246 e. The van der Waals surface area contributed by atoms with Crippen LogP contribution < -0.4 is 4.74 Å². The fourth-order valence-electron chi connectivity index (χ4n) is 21.9. The van der Waals surface area contributed by atoms with Crippen LogP contribution in [0, 0.1) is 23.7 Å². The Labute approximate surface area is 521 Å². The molecule has 13 aliphatic rings. The number of carbonyl (C=O) groups is 1. The van der Waals surface area contributed by atoms with Gasteiger partial charge >= 0.3 is 0 Å². The molecule has 6 bridgehead atoms. The van der Waals surface area contributed by atoms with E-state index in [1.807, 2.05) is 48.3 Å². The van der Waals surface area contributed by atoms with Gasteiger partial charge in [-0.15, -0.1) is 0 Å². The third kappa shape index (κ3) is 9.51. The van der Waals surface area contributed by atoms with Crippen LogP contribution in [0.1, 0.15) is 190 Å². The van der Waals surface area contributed by atoms with Crippen LogP contribution in [0.2, 0.25) is 0 Å². The average molecular weight is 1190 g/mol. The molecule has 14 atom stereocenters. The minimum Gasteiger partial charge on any atom is -0.508 e. The molecule has 9 aliphatic carbocycles. The third-order valence-corrected chi connectivity index (χ3v) is 26.6. The lowest BCUT2D eigenvalue weighted by atomic mass is 9.49. The molecular weight excluding hydrogens is 1080 g/mol. The number of amides is 1. The molecule has 9 fully saturated rings. The number of piperidine rings is 3. The molecule has 1 aromatic heterocycles. The van der Waals surface area contributed by atoms with E-state index in [4.69, 9.17) is 9.15 Å². The molecule has 6 saturated carbocycles. The number of phenols is 3. The quantitative estimate of drug-likeness (QED) is 0.0823. The van der Waals surface area contributed by atoms with Gasteiger partial charge in [-0.25, -0.2) is 0 Å². The minimum atomic E-state index is -0.594. The van der Waals surface area contributed by atoms with Gasteiger partial charge in [0, 0.05) is 97.3 Å². The summed E-state index contributed by atoms with van der Waals surface area (Å²) in [6.07, 6.45) is 33.3. The van der Waals surface area contributed by atoms with Crippen molar-refractivity contribution in [2.24, 2.45) is 23.7 Å². The summed E-state index contributed by atoms with van der Waals surface area (Å²) in [7, 11) is 9.23. The van der Waals surface area contributed by atoms with Gasteiger partial charge < -0.3 is 53.0 Å². The van der Waals surface area contributed by atoms with Crippen molar-refractivity contribution in [3.63, 3.8) is 0 Å². The maximum atomic E-state index is 13.2. The number of hydrogen-bond acceptors (Lipinski definition) is 8. The third-order valence-electron chi connectivity index (χ3n) is 26.6. The average Bonchev–Trinajstić information content (AvgIpc) is 1.66. The minimum absolute atomic E-state index is 0. The van der Waals surface area contributed by atoms with Crippen LogP contribution in [0.3, 0.4) is 0 Å². The highest BCUT2D eigenvalue weighted by atomic mass is 16.5. The molecule has 1 spiro atoms. The van der Waals surface area contributed by atoms with Gasteiger partial charge in [0.25, 0.3) is 0 Å². The van der Waals surface area contributed by atoms with E-state index in [2.05, 4.69) is 39.3 Å². The molecule has 17 rings (SSSR count). The van der Waals surface area contributed by atoms with Crippen LogP contribution in [-0.2, 0) is 40.3 Å². The number of carbonyl (C=O) groups excluding carboxylic acids is 1. The van der Waals surface area contributed by atoms with E-state index >= 15 is 0 Å². The molecule has 474 valence electrons. The van der Waals surface area contributed by atoms with Crippen molar-refractivity contribution in [1.29, 1.82) is 0 Å². The van der Waals surface area contributed by atoms with Gasteiger partial charge in [0.05, 0.1) is 90.4 Å². The maximum absolute atomic E-state index is 13.2. The zero-order valence-electron chi connectivity index (χ0n) is 51.0. The molecule has 5 N–H and O–H groups in total. The van der Waals surface area contributed by atoms with Gasteiger partial charge in [0.1, 0.15) is 40.9 Å². The fraction of sp³-hybridized carbons (Fsp3) is 0.667. The lowest BCUT2D eigenvalue weighted by Gasteiger charge is -2.66. The van der Waals surface area contributed by atoms with Crippen LogP contribution in [0.5, 0.6) is 23.0 Å². The van der Waals surface area contributed by atoms with E-state index in [1.54, 1.807) is 24.7 Å². The first-order chi connectivity index (χ1) is 40.3. The number of quaternary nitrogens is 3. The molecule has 0 radical (unpaired) electrons. The van der Waals surface area contributed by atoms with Gasteiger partial charge in [0.15, 0.2) is 11.5 Å². The summed E-state index contributed by atoms with van der Waals surface area (Å²) < 4.78 is 15.1. The van der Waals surface area contributed by atoms with Gasteiger partial charge in [-0.05, 0) is 147 Å². The number of likely N-dealkylation sites (N-methyl/N-ethyl adjacent to an activating group) is 4. The Hall–Kier alpha value is -4.85. The Balaban J connectivity index is 0.000000128. The molecule has 4 aromatic rings. The molecule has 3 saturated heterocycles. The van der Waals surface area contributed by atoms with Crippen LogP contribution in [-0.4, -0.2) is 159 Å². The number of likely N-dealkylation sites (tertiary alicyclic amines) is 3. The monoisotopic (exact) mass is 1190 g/mol. The van der Waals surface area contributed by atoms with Crippen LogP contribution in [0.25, 0.3) is 6.08 Å². The number of rotatable bonds is 9. The van der Waals surface area contributed by atoms with Crippen molar-refractivity contribution >= 4 is 12.0 Å². The predicted molar refractivity (Wildman–Crippen MR) is 345 cm³/mol. The van der Waals surface area contributed by atoms with Crippen LogP contribution in [0.15, 0.2) is 77.6 Å². The fourth-order valence-corrected chi connectivity index (χ4v) is 21.9. The Bertz CT molecular complexity index is 3240. The Morgan fingerprint density at radius 1 is 0.609 bits per heavy atom. The molecule has 5 heterocycles. The summed E-state index contributed by atoms with van der Waals surface area (Å²) >= 11 is 0. The van der Waals surface area contributed by atoms with Crippen molar-refractivity contribution in [2.45, 2.75) is 228 Å². The van der Waals surface area contributed by atoms with Gasteiger partial charge in [-0.2, -0.15) is 0 Å². The van der Waals surface area contributed by atoms with E-state index in [0.717, 1.165) is 129 Å². The summed E-state index contributed by atoms with van der Waals surface area (Å²) in [5.74, 6) is 4.81. The molecule has 1 amide bonds. The molecule has 3 aromatic carbocycles. The second-order valence-corrected chi connectivity index (χ2v) is 31.0. The highest BCUT2D eigenvalue weighted by Crippen LogP contribution is 2.67. The zero-order valence-corrected chi connectivity index (χ0v) is 51.0. The highest BCUT2D eigenvalue weighted by molar-refractivity contribution is 5.92. The molecule has 12 heteroatoms. The Morgan fingerprint density at radius 3 is 1.67 bits per heavy atom. The lowest BCUT2D eigenvalue weighted by Crippen LogP contribution is -2.78. The highest BCUT2D eigenvalue weighted by Gasteiger charge is 2.72. The van der Waals surface area contributed by atoms with E-state index in [0.29, 0.717) is 41.3 Å². The largest absolute Gasteiger partial charge is 0.508 e. The first-order valence-electron chi connectivity index (χ1n) is 33.5. The molecule has 12 nitrogen and oxygen atoms in total. The Kier molecular flexibility index (Phi) is 15.9. The number of fused-ring (bicyclic) bond motifs is 2. The molecule has 7 unspecified atom stereocenters. The summed E-state index contributed by atoms with van der Waals surface area (Å²) in [6, 6.07) is 18.9. The zero-order chi connectivity index (χ0) is 57.8. The number of phenolic OH excluding ortho intramolecular Hbond substituents is 3. The number of nitrogens with zero attached hydrogens (tertiary/aromatic N) is 4. The second-order valence-electron chi connectivity index (χ2n) is 31.0. The van der Waals surface area contributed by atoms with Crippen molar-refractivity contribution < 1.29 is 52.9 Å². The second kappa shape index (κ2) is 22.2. The topological polar surface area (TPSA) is 144 Å². The lowest BCUT2D eigenvalue weighted by molar-refractivity contribution is -0.952. The summed E-state index contributed by atoms with van der Waals surface area (Å²) in [4.78, 5) is 15.1. The molecule has 87 heavy (non-hydrogen) atoms. The van der Waals surface area contributed by atoms with Crippen LogP contribution in [0.4, 0.5) is 0 Å². The molecule has 4 aliphatic heterocycles. The number of aliphatic hydroxyl groups is 2. The van der Waals surface area contributed by atoms with Crippen molar-refractivity contribution in [2.75, 3.05) is 67.5 Å². The van der Waals surface area contributed by atoms with Crippen LogP contribution >= 0.6 is 0 Å². The van der Waals surface area contributed by atoms with Crippen molar-refractivity contribution in [3.05, 3.63) is 112 Å². The van der Waals surface area contributed by atoms with E-state index in [-0.39, 0.29) is 62.3 Å². The number of hydrogen-bond donors (Lipinski definition) is 5. The normalized spacial score (nSPS) is 39.2. The first-order valence-corrected chi connectivity index (χ1v) is 33.5.